The van der Waals surface area contributed by atoms with Gasteiger partial charge < -0.3 is 4.42 Å². The van der Waals surface area contributed by atoms with Crippen molar-refractivity contribution < 1.29 is 8.81 Å². The summed E-state index contributed by atoms with van der Waals surface area (Å²) < 4.78 is 20.6. The average molecular weight is 424 g/mol. The molecular formula is C21H11ClFN3O2S. The number of furan rings is 1. The van der Waals surface area contributed by atoms with Crippen LogP contribution in [0.5, 0.6) is 0 Å². The minimum atomic E-state index is -0.342. The van der Waals surface area contributed by atoms with E-state index in [2.05, 4.69) is 10.1 Å². The van der Waals surface area contributed by atoms with E-state index in [1.807, 2.05) is 18.2 Å². The Kier molecular flexibility index (Phi) is 4.26. The molecule has 2 aromatic carbocycles. The molecule has 0 atom stereocenters. The van der Waals surface area contributed by atoms with E-state index in [4.69, 9.17) is 16.0 Å². The Hall–Kier alpha value is -3.29. The van der Waals surface area contributed by atoms with Gasteiger partial charge in [0.1, 0.15) is 21.9 Å². The second kappa shape index (κ2) is 6.95. The van der Waals surface area contributed by atoms with Crippen molar-refractivity contribution in [1.82, 2.24) is 14.6 Å². The second-order valence-electron chi connectivity index (χ2n) is 6.23. The van der Waals surface area contributed by atoms with Crippen LogP contribution in [0.15, 0.2) is 69.9 Å². The Morgan fingerprint density at radius 2 is 1.86 bits per heavy atom. The summed E-state index contributed by atoms with van der Waals surface area (Å²) in [6, 6.07) is 16.8. The largest absolute Gasteiger partial charge is 0.457 e. The first-order valence-corrected chi connectivity index (χ1v) is 9.80. The Morgan fingerprint density at radius 3 is 2.62 bits per heavy atom. The number of hydrogen-bond donors (Lipinski definition) is 0. The van der Waals surface area contributed by atoms with Crippen LogP contribution >= 0.6 is 22.9 Å². The van der Waals surface area contributed by atoms with Gasteiger partial charge in [-0.2, -0.15) is 9.50 Å². The summed E-state index contributed by atoms with van der Waals surface area (Å²) in [5, 5.41) is 4.84. The van der Waals surface area contributed by atoms with E-state index >= 15 is 0 Å². The molecule has 0 fully saturated rings. The van der Waals surface area contributed by atoms with E-state index in [1.54, 1.807) is 36.4 Å². The van der Waals surface area contributed by atoms with Crippen LogP contribution in [0.1, 0.15) is 5.76 Å². The van der Waals surface area contributed by atoms with Crippen molar-refractivity contribution in [2.45, 2.75) is 0 Å². The molecule has 0 amide bonds. The quantitative estimate of drug-likeness (QED) is 0.431. The normalized spacial score (nSPS) is 12.1. The third kappa shape index (κ3) is 3.24. The lowest BCUT2D eigenvalue weighted by Crippen LogP contribution is -2.23. The van der Waals surface area contributed by atoms with Crippen LogP contribution in [-0.2, 0) is 0 Å². The van der Waals surface area contributed by atoms with E-state index in [1.165, 1.54) is 28.0 Å². The first-order valence-electron chi connectivity index (χ1n) is 8.60. The minimum Gasteiger partial charge on any atom is -0.457 e. The van der Waals surface area contributed by atoms with Crippen molar-refractivity contribution in [2.24, 2.45) is 0 Å². The van der Waals surface area contributed by atoms with Gasteiger partial charge in [-0.25, -0.2) is 4.39 Å². The van der Waals surface area contributed by atoms with Crippen molar-refractivity contribution >= 4 is 34.0 Å². The van der Waals surface area contributed by atoms with Crippen molar-refractivity contribution in [3.63, 3.8) is 0 Å². The highest BCUT2D eigenvalue weighted by Crippen LogP contribution is 2.29. The zero-order valence-corrected chi connectivity index (χ0v) is 16.2. The van der Waals surface area contributed by atoms with Crippen LogP contribution in [0.3, 0.4) is 0 Å². The summed E-state index contributed by atoms with van der Waals surface area (Å²) in [5.41, 5.74) is 1.13. The van der Waals surface area contributed by atoms with Crippen LogP contribution in [0.2, 0.25) is 5.02 Å². The molecule has 3 aromatic heterocycles. The van der Waals surface area contributed by atoms with E-state index in [0.29, 0.717) is 37.4 Å². The predicted octanol–water partition coefficient (Wildman–Crippen LogP) is 4.42. The van der Waals surface area contributed by atoms with Gasteiger partial charge in [0.15, 0.2) is 5.82 Å². The molecule has 0 N–H and O–H groups in total. The lowest BCUT2D eigenvalue weighted by Gasteiger charge is -1.98. The van der Waals surface area contributed by atoms with E-state index in [9.17, 15) is 9.18 Å². The van der Waals surface area contributed by atoms with Gasteiger partial charge in [0.25, 0.3) is 5.56 Å². The third-order valence-corrected chi connectivity index (χ3v) is 5.61. The molecule has 0 spiro atoms. The SMILES string of the molecule is O=c1c(=Cc2ccc(-c3ccccc3Cl)o2)sc2nc(-c3ccc(F)cc3)nn12. The Bertz CT molecular complexity index is 1450. The van der Waals surface area contributed by atoms with Gasteiger partial charge in [0.2, 0.25) is 4.96 Å². The number of thiazole rings is 1. The van der Waals surface area contributed by atoms with Gasteiger partial charge in [0, 0.05) is 17.2 Å². The Morgan fingerprint density at radius 1 is 1.07 bits per heavy atom. The Labute approximate surface area is 172 Å². The topological polar surface area (TPSA) is 60.4 Å². The van der Waals surface area contributed by atoms with Crippen molar-refractivity contribution in [1.29, 1.82) is 0 Å². The second-order valence-corrected chi connectivity index (χ2v) is 7.65. The molecule has 0 saturated carbocycles. The standard InChI is InChI=1S/C21H11ClFN3O2S/c22-16-4-2-1-3-15(16)17-10-9-14(28-17)11-18-20(27)26-21(29-18)24-19(25-26)12-5-7-13(23)8-6-12/h1-11H. The van der Waals surface area contributed by atoms with Gasteiger partial charge in [0.05, 0.1) is 5.02 Å². The highest BCUT2D eigenvalue weighted by atomic mass is 35.5. The molecule has 29 heavy (non-hydrogen) atoms. The molecule has 3 heterocycles. The first kappa shape index (κ1) is 17.8. The van der Waals surface area contributed by atoms with E-state index < -0.39 is 0 Å². The van der Waals surface area contributed by atoms with Crippen LogP contribution in [-0.4, -0.2) is 14.6 Å². The number of rotatable bonds is 3. The Balaban J connectivity index is 1.53. The molecule has 5 rings (SSSR count). The molecule has 0 saturated heterocycles. The van der Waals surface area contributed by atoms with Crippen molar-refractivity contribution in [3.05, 3.63) is 92.1 Å². The first-order chi connectivity index (χ1) is 14.1. The zero-order chi connectivity index (χ0) is 20.0. The molecule has 0 aliphatic rings. The van der Waals surface area contributed by atoms with E-state index in [-0.39, 0.29) is 11.4 Å². The highest BCUT2D eigenvalue weighted by molar-refractivity contribution is 7.15. The van der Waals surface area contributed by atoms with Crippen LogP contribution in [0, 0.1) is 5.82 Å². The molecule has 0 aliphatic carbocycles. The van der Waals surface area contributed by atoms with Gasteiger partial charge in [-0.1, -0.05) is 35.1 Å². The fraction of sp³-hybridized carbons (Fsp3) is 0. The van der Waals surface area contributed by atoms with Gasteiger partial charge in [-0.15, -0.1) is 5.10 Å². The molecular weight excluding hydrogens is 413 g/mol. The maximum atomic E-state index is 13.1. The average Bonchev–Trinajstić information content (AvgIpc) is 3.41. The summed E-state index contributed by atoms with van der Waals surface area (Å²) in [5.74, 6) is 1.18. The summed E-state index contributed by atoms with van der Waals surface area (Å²) in [6.45, 7) is 0. The molecule has 5 nitrogen and oxygen atoms in total. The van der Waals surface area contributed by atoms with Crippen LogP contribution in [0.4, 0.5) is 4.39 Å². The monoisotopic (exact) mass is 423 g/mol. The number of fused-ring (bicyclic) bond motifs is 1. The molecule has 8 heteroatoms. The van der Waals surface area contributed by atoms with Gasteiger partial charge in [-0.05, 0) is 48.5 Å². The predicted molar refractivity (Wildman–Crippen MR) is 110 cm³/mol. The van der Waals surface area contributed by atoms with Gasteiger partial charge >= 0.3 is 0 Å². The summed E-state index contributed by atoms with van der Waals surface area (Å²) in [6.07, 6.45) is 1.65. The maximum absolute atomic E-state index is 13.1. The number of nitrogens with zero attached hydrogens (tertiary/aromatic N) is 3. The van der Waals surface area contributed by atoms with Gasteiger partial charge in [-0.3, -0.25) is 4.79 Å². The number of benzene rings is 2. The zero-order valence-electron chi connectivity index (χ0n) is 14.7. The molecule has 142 valence electrons. The fourth-order valence-electron chi connectivity index (χ4n) is 2.92. The smallest absolute Gasteiger partial charge is 0.291 e. The lowest BCUT2D eigenvalue weighted by atomic mass is 10.2. The maximum Gasteiger partial charge on any atom is 0.291 e. The van der Waals surface area contributed by atoms with Crippen molar-refractivity contribution in [2.75, 3.05) is 0 Å². The van der Waals surface area contributed by atoms with Crippen LogP contribution in [0.25, 0.3) is 33.7 Å². The molecule has 0 radical (unpaired) electrons. The number of aromatic nitrogens is 3. The molecule has 5 aromatic rings. The molecule has 0 bridgehead atoms. The van der Waals surface area contributed by atoms with Crippen molar-refractivity contribution in [3.8, 4) is 22.7 Å². The fourth-order valence-corrected chi connectivity index (χ4v) is 4.04. The molecule has 0 unspecified atom stereocenters. The summed E-state index contributed by atoms with van der Waals surface area (Å²) >= 11 is 7.41. The number of hydrogen-bond acceptors (Lipinski definition) is 5. The number of halogens is 2. The minimum absolute atomic E-state index is 0.290. The van der Waals surface area contributed by atoms with Crippen LogP contribution < -0.4 is 10.1 Å². The summed E-state index contributed by atoms with van der Waals surface area (Å²) in [4.78, 5) is 17.5. The third-order valence-electron chi connectivity index (χ3n) is 4.32. The molecule has 0 aliphatic heterocycles. The lowest BCUT2D eigenvalue weighted by molar-refractivity contribution is 0.571. The summed E-state index contributed by atoms with van der Waals surface area (Å²) in [7, 11) is 0. The van der Waals surface area contributed by atoms with E-state index in [0.717, 1.165) is 5.56 Å². The highest BCUT2D eigenvalue weighted by Gasteiger charge is 2.13.